The van der Waals surface area contributed by atoms with Crippen LogP contribution in [-0.4, -0.2) is 21.7 Å². The molecule has 3 nitrogen and oxygen atoms in total. The molecule has 0 fully saturated rings. The van der Waals surface area contributed by atoms with Crippen LogP contribution in [0.1, 0.15) is 0 Å². The number of hydrogen-bond acceptors (Lipinski definition) is 2. The molecule has 0 atom stereocenters. The van der Waals surface area contributed by atoms with Crippen molar-refractivity contribution in [3.8, 4) is 27.9 Å². The van der Waals surface area contributed by atoms with Crippen LogP contribution in [-0.2, 0) is 0 Å². The maximum atomic E-state index is 9.55. The van der Waals surface area contributed by atoms with Crippen LogP contribution in [0.2, 0.25) is 0 Å². The number of nitrogens with zero attached hydrogens (tertiary/aromatic N) is 1. The topological polar surface area (TPSA) is 45.4 Å². The fourth-order valence-corrected chi connectivity index (χ4v) is 4.76. The molecule has 0 bridgehead atoms. The zero-order chi connectivity index (χ0) is 23.1. The van der Waals surface area contributed by atoms with Gasteiger partial charge in [0.25, 0.3) is 0 Å². The van der Waals surface area contributed by atoms with Gasteiger partial charge in [-0.2, -0.15) is 0 Å². The zero-order valence-electron chi connectivity index (χ0n) is 18.5. The van der Waals surface area contributed by atoms with Crippen molar-refractivity contribution in [2.24, 2.45) is 0 Å². The largest absolute Gasteiger partial charge is 0.488 e. The van der Waals surface area contributed by atoms with Crippen LogP contribution in [0, 0.1) is 0 Å². The van der Waals surface area contributed by atoms with Crippen molar-refractivity contribution in [3.63, 3.8) is 0 Å². The molecule has 6 rings (SSSR count). The normalized spacial score (nSPS) is 11.2. The van der Waals surface area contributed by atoms with Gasteiger partial charge >= 0.3 is 7.12 Å². The summed E-state index contributed by atoms with van der Waals surface area (Å²) in [5.41, 5.74) is 8.24. The summed E-state index contributed by atoms with van der Waals surface area (Å²) in [6.45, 7) is 0. The zero-order valence-corrected chi connectivity index (χ0v) is 18.5. The number of para-hydroxylation sites is 2. The van der Waals surface area contributed by atoms with Gasteiger partial charge in [-0.3, -0.25) is 0 Å². The standard InChI is InChI=1S/C30H22BNO2/c33-31(34)25-11-7-10-23(19-25)21-8-6-9-22(18-21)24-16-17-30-28(20-24)27-14-4-5-15-29(27)32(30)26-12-2-1-3-13-26/h1-20,33-34H. The van der Waals surface area contributed by atoms with Crippen LogP contribution in [0.3, 0.4) is 0 Å². The summed E-state index contributed by atoms with van der Waals surface area (Å²) in [5.74, 6) is 0. The summed E-state index contributed by atoms with van der Waals surface area (Å²) < 4.78 is 2.32. The lowest BCUT2D eigenvalue weighted by molar-refractivity contribution is 0.426. The summed E-state index contributed by atoms with van der Waals surface area (Å²) in [7, 11) is -1.48. The summed E-state index contributed by atoms with van der Waals surface area (Å²) >= 11 is 0. The average Bonchev–Trinajstić information content (AvgIpc) is 3.23. The Balaban J connectivity index is 1.50. The fraction of sp³-hybridized carbons (Fsp3) is 0. The molecule has 4 heteroatoms. The molecule has 2 N–H and O–H groups in total. The van der Waals surface area contributed by atoms with Gasteiger partial charge in [-0.1, -0.05) is 84.9 Å². The minimum Gasteiger partial charge on any atom is -0.423 e. The second-order valence-corrected chi connectivity index (χ2v) is 8.50. The van der Waals surface area contributed by atoms with Gasteiger partial charge in [0.1, 0.15) is 0 Å². The van der Waals surface area contributed by atoms with Crippen molar-refractivity contribution in [3.05, 3.63) is 121 Å². The number of rotatable bonds is 4. The van der Waals surface area contributed by atoms with Crippen LogP contribution in [0.25, 0.3) is 49.7 Å². The Labute approximate surface area is 198 Å². The molecular formula is C30H22BNO2. The Morgan fingerprint density at radius 1 is 0.471 bits per heavy atom. The minimum absolute atomic E-state index is 0.484. The average molecular weight is 439 g/mol. The SMILES string of the molecule is OB(O)c1cccc(-c2cccc(-c3ccc4c(c3)c3ccccc3n4-c3ccccc3)c2)c1. The highest BCUT2D eigenvalue weighted by molar-refractivity contribution is 6.58. The van der Waals surface area contributed by atoms with Gasteiger partial charge in [0.15, 0.2) is 0 Å². The van der Waals surface area contributed by atoms with Crippen LogP contribution in [0.4, 0.5) is 0 Å². The first-order valence-electron chi connectivity index (χ1n) is 11.3. The minimum atomic E-state index is -1.48. The van der Waals surface area contributed by atoms with Crippen molar-refractivity contribution in [2.75, 3.05) is 0 Å². The number of benzene rings is 5. The quantitative estimate of drug-likeness (QED) is 0.341. The van der Waals surface area contributed by atoms with Gasteiger partial charge < -0.3 is 14.6 Å². The predicted molar refractivity (Wildman–Crippen MR) is 141 cm³/mol. The maximum Gasteiger partial charge on any atom is 0.488 e. The van der Waals surface area contributed by atoms with E-state index in [9.17, 15) is 10.0 Å². The van der Waals surface area contributed by atoms with Gasteiger partial charge in [-0.15, -0.1) is 0 Å². The van der Waals surface area contributed by atoms with E-state index >= 15 is 0 Å². The highest BCUT2D eigenvalue weighted by Crippen LogP contribution is 2.35. The molecule has 0 aliphatic rings. The molecule has 1 heterocycles. The van der Waals surface area contributed by atoms with Crippen LogP contribution >= 0.6 is 0 Å². The Hall–Kier alpha value is -4.12. The van der Waals surface area contributed by atoms with E-state index in [0.29, 0.717) is 5.46 Å². The van der Waals surface area contributed by atoms with Gasteiger partial charge in [-0.25, -0.2) is 0 Å². The summed E-state index contributed by atoms with van der Waals surface area (Å²) in [6, 6.07) is 41.4. The summed E-state index contributed by atoms with van der Waals surface area (Å²) in [6.07, 6.45) is 0. The van der Waals surface area contributed by atoms with Crippen molar-refractivity contribution >= 4 is 34.4 Å². The van der Waals surface area contributed by atoms with E-state index in [2.05, 4.69) is 83.4 Å². The molecular weight excluding hydrogens is 417 g/mol. The van der Waals surface area contributed by atoms with Crippen LogP contribution in [0.15, 0.2) is 121 Å². The van der Waals surface area contributed by atoms with Crippen LogP contribution < -0.4 is 5.46 Å². The molecule has 0 amide bonds. The van der Waals surface area contributed by atoms with Gasteiger partial charge in [0.05, 0.1) is 11.0 Å². The Bertz CT molecular complexity index is 1640. The Morgan fingerprint density at radius 2 is 1.09 bits per heavy atom. The first-order chi connectivity index (χ1) is 16.7. The third kappa shape index (κ3) is 3.50. The van der Waals surface area contributed by atoms with E-state index in [1.54, 1.807) is 6.07 Å². The monoisotopic (exact) mass is 439 g/mol. The van der Waals surface area contributed by atoms with Gasteiger partial charge in [0.2, 0.25) is 0 Å². The molecule has 0 radical (unpaired) electrons. The number of fused-ring (bicyclic) bond motifs is 3. The molecule has 0 unspecified atom stereocenters. The van der Waals surface area contributed by atoms with E-state index in [-0.39, 0.29) is 0 Å². The maximum absolute atomic E-state index is 9.55. The summed E-state index contributed by atoms with van der Waals surface area (Å²) in [5, 5.41) is 21.5. The van der Waals surface area contributed by atoms with E-state index in [4.69, 9.17) is 0 Å². The first-order valence-corrected chi connectivity index (χ1v) is 11.3. The Kier molecular flexibility index (Phi) is 5.03. The second-order valence-electron chi connectivity index (χ2n) is 8.50. The van der Waals surface area contributed by atoms with Crippen molar-refractivity contribution in [1.82, 2.24) is 4.57 Å². The molecule has 34 heavy (non-hydrogen) atoms. The molecule has 0 spiro atoms. The third-order valence-electron chi connectivity index (χ3n) is 6.40. The van der Waals surface area contributed by atoms with Crippen molar-refractivity contribution in [2.45, 2.75) is 0 Å². The van der Waals surface area contributed by atoms with Gasteiger partial charge in [0, 0.05) is 16.5 Å². The predicted octanol–water partition coefficient (Wildman–Crippen LogP) is 5.80. The summed E-state index contributed by atoms with van der Waals surface area (Å²) in [4.78, 5) is 0. The molecule has 0 saturated carbocycles. The van der Waals surface area contributed by atoms with Crippen molar-refractivity contribution < 1.29 is 10.0 Å². The van der Waals surface area contributed by atoms with E-state index in [1.165, 1.54) is 21.8 Å². The van der Waals surface area contributed by atoms with E-state index < -0.39 is 7.12 Å². The molecule has 162 valence electrons. The Morgan fingerprint density at radius 3 is 1.85 bits per heavy atom. The molecule has 0 aliphatic heterocycles. The van der Waals surface area contributed by atoms with Gasteiger partial charge in [-0.05, 0) is 64.1 Å². The first kappa shape index (κ1) is 20.5. The van der Waals surface area contributed by atoms with Crippen LogP contribution in [0.5, 0.6) is 0 Å². The lowest BCUT2D eigenvalue weighted by Gasteiger charge is -2.09. The molecule has 0 saturated heterocycles. The lowest BCUT2D eigenvalue weighted by atomic mass is 9.79. The molecule has 1 aromatic heterocycles. The molecule has 0 aliphatic carbocycles. The number of hydrogen-bond donors (Lipinski definition) is 2. The van der Waals surface area contributed by atoms with Crippen molar-refractivity contribution in [1.29, 1.82) is 0 Å². The smallest absolute Gasteiger partial charge is 0.423 e. The van der Waals surface area contributed by atoms with E-state index in [0.717, 1.165) is 27.9 Å². The fourth-order valence-electron chi connectivity index (χ4n) is 4.76. The lowest BCUT2D eigenvalue weighted by Crippen LogP contribution is -2.29. The molecule has 5 aromatic carbocycles. The second kappa shape index (κ2) is 8.34. The third-order valence-corrected chi connectivity index (χ3v) is 6.40. The highest BCUT2D eigenvalue weighted by atomic mass is 16.4. The highest BCUT2D eigenvalue weighted by Gasteiger charge is 2.14. The van der Waals surface area contributed by atoms with E-state index in [1.807, 2.05) is 36.4 Å². The molecule has 6 aromatic rings. The number of aromatic nitrogens is 1.